The summed E-state index contributed by atoms with van der Waals surface area (Å²) in [5, 5.41) is 28.1. The van der Waals surface area contributed by atoms with Crippen LogP contribution in [0.1, 0.15) is 11.4 Å². The van der Waals surface area contributed by atoms with Gasteiger partial charge in [0.25, 0.3) is 0 Å². The number of halogens is 1. The molecule has 0 aliphatic rings. The summed E-state index contributed by atoms with van der Waals surface area (Å²) in [5.41, 5.74) is 11.7. The predicted octanol–water partition coefficient (Wildman–Crippen LogP) is 6.21. The molecule has 0 atom stereocenters. The van der Waals surface area contributed by atoms with Gasteiger partial charge in [-0.2, -0.15) is 15.1 Å². The van der Waals surface area contributed by atoms with Crippen LogP contribution in [-0.4, -0.2) is 149 Å². The maximum Gasteiger partial charge on any atom is 0.247 e. The topological polar surface area (TPSA) is 282 Å². The molecular formula is C49H56ClN19O4. The van der Waals surface area contributed by atoms with Crippen molar-refractivity contribution in [2.45, 2.75) is 6.54 Å². The first-order chi connectivity index (χ1) is 35.1. The van der Waals surface area contributed by atoms with E-state index in [1.807, 2.05) is 62.1 Å². The Kier molecular flexibility index (Phi) is 16.7. The number of amides is 2. The highest BCUT2D eigenvalue weighted by Gasteiger charge is 2.21. The quantitative estimate of drug-likeness (QED) is 0.0277. The predicted molar refractivity (Wildman–Crippen MR) is 287 cm³/mol. The first kappa shape index (κ1) is 52.0. The fourth-order valence-corrected chi connectivity index (χ4v) is 7.55. The van der Waals surface area contributed by atoms with Gasteiger partial charge in [-0.1, -0.05) is 24.8 Å². The Balaban J connectivity index is 1.15. The fraction of sp³-hybridized carbons (Fsp3) is 0.245. The van der Waals surface area contributed by atoms with Gasteiger partial charge in [0.05, 0.1) is 78.0 Å². The summed E-state index contributed by atoms with van der Waals surface area (Å²) in [4.78, 5) is 65.9. The van der Waals surface area contributed by atoms with Crippen LogP contribution in [0.5, 0.6) is 11.5 Å². The number of hydrogen-bond donors (Lipinski definition) is 7. The number of methoxy groups -OCH3 is 2. The lowest BCUT2D eigenvalue weighted by atomic mass is 10.1. The van der Waals surface area contributed by atoms with E-state index in [1.165, 1.54) is 31.7 Å². The number of nitrogens with zero attached hydrogens (tertiary/aromatic N) is 12. The van der Waals surface area contributed by atoms with Gasteiger partial charge in [0.2, 0.25) is 23.7 Å². The molecule has 378 valence electrons. The second-order valence-corrected chi connectivity index (χ2v) is 17.2. The minimum Gasteiger partial charge on any atom is -0.494 e. The molecule has 24 heteroatoms. The van der Waals surface area contributed by atoms with Crippen molar-refractivity contribution in [1.82, 2.24) is 54.9 Å². The largest absolute Gasteiger partial charge is 0.494 e. The first-order valence-corrected chi connectivity index (χ1v) is 22.9. The number of aromatic amines is 1. The third kappa shape index (κ3) is 12.8. The highest BCUT2D eigenvalue weighted by atomic mass is 35.5. The maximum absolute atomic E-state index is 12.8. The van der Waals surface area contributed by atoms with Crippen LogP contribution >= 0.6 is 11.6 Å². The summed E-state index contributed by atoms with van der Waals surface area (Å²) >= 11 is 6.52. The van der Waals surface area contributed by atoms with Crippen molar-refractivity contribution in [2.75, 3.05) is 112 Å². The van der Waals surface area contributed by atoms with Crippen LogP contribution in [0.25, 0.3) is 33.7 Å². The zero-order chi connectivity index (χ0) is 52.3. The number of H-pyrrole nitrogens is 1. The van der Waals surface area contributed by atoms with E-state index in [-0.39, 0.29) is 35.2 Å². The number of carbonyl (C=O) groups excluding carboxylic acids is 2. The average molecular weight is 1010 g/mol. The Morgan fingerprint density at radius 2 is 1.34 bits per heavy atom. The number of nitrogens with one attached hydrogen (secondary N) is 6. The number of carbonyl (C=O) groups is 2. The van der Waals surface area contributed by atoms with E-state index in [0.717, 1.165) is 23.8 Å². The summed E-state index contributed by atoms with van der Waals surface area (Å²) in [6, 6.07) is 10.7. The number of benzene rings is 2. The lowest BCUT2D eigenvalue weighted by Gasteiger charge is -2.27. The molecule has 23 nitrogen and oxygen atoms in total. The van der Waals surface area contributed by atoms with Gasteiger partial charge in [-0.05, 0) is 57.6 Å². The van der Waals surface area contributed by atoms with Gasteiger partial charge in [0.1, 0.15) is 23.1 Å². The van der Waals surface area contributed by atoms with Crippen LogP contribution < -0.4 is 46.3 Å². The molecule has 8 N–H and O–H groups in total. The van der Waals surface area contributed by atoms with Crippen molar-refractivity contribution in [3.05, 3.63) is 103 Å². The molecule has 0 aliphatic carbocycles. The molecule has 0 bridgehead atoms. The first-order valence-electron chi connectivity index (χ1n) is 22.5. The number of likely N-dealkylation sites (N-methyl/N-ethyl adjacent to an activating group) is 4. The van der Waals surface area contributed by atoms with Gasteiger partial charge in [0, 0.05) is 93.1 Å². The number of fused-ring (bicyclic) bond motifs is 1. The fourth-order valence-electron chi connectivity index (χ4n) is 7.35. The molecule has 2 amide bonds. The standard InChI is InChI=1S/C49H56ClN19O4/c1-10-42(70)57-33-18-35(59-48-55-26-32(50)44(63-48)29-16-28(22-51)45(52)53-23-29)39(72-8)21-38(33)69(7)15-13-67(5)27-41-61-47(30-17-31-25-56-65-46(31)54-24-30)64-49(62-41)60-36-19-34(58-43(71)11-2)37(20-40(36)73-9)68(6)14-12-66(3)4/h10-11,16-26,51H,1-2,12-15,27H2,3-9H3,(H2,52,53)(H,57,70)(H,58,71)(H,54,56,65)(H,55,59,63)(H,60,61,62,64). The number of nitrogen functional groups attached to an aromatic ring is 1. The number of aromatic nitrogens is 9. The van der Waals surface area contributed by atoms with E-state index in [2.05, 4.69) is 69.5 Å². The number of rotatable bonds is 23. The Bertz CT molecular complexity index is 3180. The molecule has 0 aliphatic heterocycles. The molecule has 0 unspecified atom stereocenters. The monoisotopic (exact) mass is 1010 g/mol. The summed E-state index contributed by atoms with van der Waals surface area (Å²) < 4.78 is 11.7. The molecule has 0 fully saturated rings. The lowest BCUT2D eigenvalue weighted by Crippen LogP contribution is -2.31. The molecule has 2 aromatic carbocycles. The van der Waals surface area contributed by atoms with Gasteiger partial charge < -0.3 is 56.6 Å². The third-order valence-corrected chi connectivity index (χ3v) is 11.6. The molecular weight excluding hydrogens is 954 g/mol. The number of ether oxygens (including phenoxy) is 2. The Morgan fingerprint density at radius 1 is 0.726 bits per heavy atom. The molecule has 7 aromatic rings. The smallest absolute Gasteiger partial charge is 0.247 e. The number of nitrogens with two attached hydrogens (primary N) is 1. The average Bonchev–Trinajstić information content (AvgIpc) is 3.86. The Morgan fingerprint density at radius 3 is 1.95 bits per heavy atom. The summed E-state index contributed by atoms with van der Waals surface area (Å²) in [7, 11) is 12.9. The van der Waals surface area contributed by atoms with E-state index in [4.69, 9.17) is 47.2 Å². The van der Waals surface area contributed by atoms with Crippen LogP contribution in [0.3, 0.4) is 0 Å². The van der Waals surface area contributed by atoms with Gasteiger partial charge in [-0.25, -0.2) is 24.9 Å². The molecule has 73 heavy (non-hydrogen) atoms. The molecule has 0 spiro atoms. The van der Waals surface area contributed by atoms with Crippen molar-refractivity contribution in [3.63, 3.8) is 0 Å². The zero-order valence-electron chi connectivity index (χ0n) is 41.4. The van der Waals surface area contributed by atoms with Gasteiger partial charge in [-0.15, -0.1) is 0 Å². The van der Waals surface area contributed by atoms with E-state index in [1.54, 1.807) is 43.8 Å². The second-order valence-electron chi connectivity index (χ2n) is 16.8. The Hall–Kier alpha value is -8.80. The van der Waals surface area contributed by atoms with E-state index in [0.29, 0.717) is 99.3 Å². The summed E-state index contributed by atoms with van der Waals surface area (Å²) in [5.74, 6) is 1.48. The molecule has 5 aromatic heterocycles. The number of hydrogen-bond acceptors (Lipinski definition) is 20. The second kappa shape index (κ2) is 23.4. The van der Waals surface area contributed by atoms with E-state index >= 15 is 0 Å². The van der Waals surface area contributed by atoms with Crippen molar-refractivity contribution in [3.8, 4) is 34.1 Å². The third-order valence-electron chi connectivity index (χ3n) is 11.3. The van der Waals surface area contributed by atoms with Crippen molar-refractivity contribution in [1.29, 1.82) is 5.41 Å². The van der Waals surface area contributed by atoms with Gasteiger partial charge in [0.15, 0.2) is 11.5 Å². The highest BCUT2D eigenvalue weighted by Crippen LogP contribution is 2.40. The lowest BCUT2D eigenvalue weighted by molar-refractivity contribution is -0.112. The zero-order valence-corrected chi connectivity index (χ0v) is 42.2. The molecule has 5 heterocycles. The van der Waals surface area contributed by atoms with Crippen LogP contribution in [0.2, 0.25) is 5.02 Å². The molecule has 0 saturated carbocycles. The Labute approximate surface area is 426 Å². The number of anilines is 9. The van der Waals surface area contributed by atoms with Crippen LogP contribution in [-0.2, 0) is 16.1 Å². The summed E-state index contributed by atoms with van der Waals surface area (Å²) in [6.07, 6.45) is 9.78. The molecule has 7 rings (SSSR count). The van der Waals surface area contributed by atoms with Gasteiger partial charge >= 0.3 is 0 Å². The van der Waals surface area contributed by atoms with E-state index in [9.17, 15) is 9.59 Å². The van der Waals surface area contributed by atoms with Crippen molar-refractivity contribution in [2.24, 2.45) is 0 Å². The summed E-state index contributed by atoms with van der Waals surface area (Å²) in [6.45, 7) is 9.99. The SMILES string of the molecule is C=CC(=O)Nc1cc(Nc2nc(CN(C)CCN(C)c3cc(OC)c(Nc4ncc(Cl)c(-c5cnc(N)c(C=N)c5)n4)cc3NC(=O)C=C)nc(-c3cnc4[nH]ncc4c3)n2)c(OC)cc1N(C)CCN(C)C. The van der Waals surface area contributed by atoms with Crippen LogP contribution in [0, 0.1) is 5.41 Å². The molecule has 0 saturated heterocycles. The molecule has 0 radical (unpaired) electrons. The van der Waals surface area contributed by atoms with Crippen LogP contribution in [0.15, 0.2) is 86.5 Å². The number of pyridine rings is 2. The minimum absolute atomic E-state index is 0.172. The van der Waals surface area contributed by atoms with E-state index < -0.39 is 5.91 Å². The van der Waals surface area contributed by atoms with Crippen molar-refractivity contribution >= 4 is 92.5 Å². The van der Waals surface area contributed by atoms with Crippen LogP contribution in [0.4, 0.5) is 51.8 Å². The minimum atomic E-state index is -0.429. The normalized spacial score (nSPS) is 11.0. The highest BCUT2D eigenvalue weighted by molar-refractivity contribution is 6.33. The van der Waals surface area contributed by atoms with Crippen molar-refractivity contribution < 1.29 is 19.1 Å². The maximum atomic E-state index is 12.8. The van der Waals surface area contributed by atoms with Gasteiger partial charge in [-0.3, -0.25) is 19.6 Å².